The molecule has 16 rings (SSSR count). The maximum atomic E-state index is 9.90. The van der Waals surface area contributed by atoms with Gasteiger partial charge in [0.25, 0.3) is 0 Å². The van der Waals surface area contributed by atoms with Crippen LogP contribution >= 0.6 is 0 Å². The molecule has 0 bridgehead atoms. The predicted octanol–water partition coefficient (Wildman–Crippen LogP) is 10.1. The van der Waals surface area contributed by atoms with Gasteiger partial charge in [-0.1, -0.05) is 54.9 Å². The summed E-state index contributed by atoms with van der Waals surface area (Å²) in [5, 5.41) is 128. The molecular weight excluding hydrogens is 1520 g/mol. The lowest BCUT2D eigenvalue weighted by Gasteiger charge is -2.16. The summed E-state index contributed by atoms with van der Waals surface area (Å²) in [5.74, 6) is 1.18. The van der Waals surface area contributed by atoms with Crippen molar-refractivity contribution in [1.82, 2.24) is 137 Å². The van der Waals surface area contributed by atoms with Crippen molar-refractivity contribution in [2.45, 2.75) is 176 Å². The molecule has 0 saturated carbocycles. The minimum Gasteiger partial charge on any atom is -0.394 e. The molecule has 6 atom stereocenters. The van der Waals surface area contributed by atoms with E-state index < -0.39 is 24.3 Å². The Bertz CT molecular complexity index is 5710. The molecule has 0 aliphatic carbocycles. The minimum absolute atomic E-state index is 0.192. The molecule has 0 aliphatic rings. The van der Waals surface area contributed by atoms with Gasteiger partial charge in [0.1, 0.15) is 0 Å². The van der Waals surface area contributed by atoms with Crippen molar-refractivity contribution in [2.75, 3.05) is 39.6 Å². The number of aliphatic hydroxyl groups excluding tert-OH is 8. The Balaban J connectivity index is 0.000000137. The van der Waals surface area contributed by atoms with Crippen molar-refractivity contribution < 1.29 is 40.9 Å². The van der Waals surface area contributed by atoms with Crippen molar-refractivity contribution in [3.63, 3.8) is 0 Å². The first-order chi connectivity index (χ1) is 57.6. The highest BCUT2D eigenvalue weighted by molar-refractivity contribution is 5.81. The Morgan fingerprint density at radius 1 is 0.311 bits per heavy atom. The molecule has 0 radical (unpaired) electrons. The molecule has 0 saturated heterocycles. The molecule has 16 heterocycles. The largest absolute Gasteiger partial charge is 0.394 e. The van der Waals surface area contributed by atoms with Gasteiger partial charge < -0.3 is 40.9 Å². The Hall–Kier alpha value is -12.2. The van der Waals surface area contributed by atoms with Gasteiger partial charge in [0.15, 0.2) is 0 Å². The van der Waals surface area contributed by atoms with Crippen LogP contribution in [0.15, 0.2) is 173 Å². The van der Waals surface area contributed by atoms with Gasteiger partial charge in [-0.3, -0.25) is 37.5 Å². The first-order valence-corrected chi connectivity index (χ1v) is 40.4. The van der Waals surface area contributed by atoms with Crippen molar-refractivity contribution in [3.8, 4) is 90.1 Å². The zero-order valence-corrected chi connectivity index (χ0v) is 68.8. The van der Waals surface area contributed by atoms with Gasteiger partial charge in [-0.2, -0.15) is 61.2 Å². The second-order valence-electron chi connectivity index (χ2n) is 30.9. The SMILES string of the molecule is CC(C)C[C@@H](C)n1cc(-c2nc(-c3cnn(C(CO)CO)c3)cn3nccc23)cn1.CC(C)C[C@H](C)n1cc(-c2nc(-c3cnn(C(CO)CO)c3)cn3nccc23)cn1.CCC(CC)n1cc(-c2nc(-c3cnn([C@@H](C)[C@H](O)CO)c3)cn3nccc23)cn1.CCC[C@H](C)n1cc(-c2nc(-c3cnn(C[C@H](O)CO)c3)cn3nccc23)cn1. The molecule has 0 aromatic carbocycles. The van der Waals surface area contributed by atoms with Crippen LogP contribution in [0.5, 0.6) is 0 Å². The van der Waals surface area contributed by atoms with Crippen LogP contribution in [0.4, 0.5) is 0 Å². The molecule has 626 valence electrons. The quantitative estimate of drug-likeness (QED) is 0.0194. The maximum absolute atomic E-state index is 9.90. The molecule has 0 amide bonds. The van der Waals surface area contributed by atoms with E-state index in [1.807, 2.05) is 124 Å². The van der Waals surface area contributed by atoms with Crippen LogP contribution in [0.25, 0.3) is 112 Å². The van der Waals surface area contributed by atoms with Crippen molar-refractivity contribution >= 4 is 22.1 Å². The maximum Gasteiger partial charge on any atom is 0.0999 e. The topological polar surface area (TPSA) is 425 Å². The molecule has 0 aliphatic heterocycles. The standard InChI is InChI=1S/3C21H27N7O2.C20H25N7O2/c2*1-14(2)6-15(3)26-10-17(8-23-26)21-20-4-5-22-28(20)11-19(25-21)16-7-24-27(9-16)18(12-29)13-30;1-4-17(5-2)27-11-16(9-24-27)21-19-6-7-22-28(19)12-18(25-21)15-8-23-26(10-15)14(3)20(30)13-29;1-3-4-14(2)26-10-16(8-23-26)20-19-5-6-21-27(19)12-18(24-20)15-7-22-25(9-15)11-17(29)13-28/h2*4-5,7-11,14-15,18,29-30H,6,12-13H2,1-3H3;6-12,14,17,20,29-30H,4-5,13H2,1-3H3;5-10,12,14,17,28-29H,3-4,11,13H2,1-2H3/t2*15-;14-,20+;14-,17-/m1000/s1. The number of hydrogen-bond acceptors (Lipinski definition) is 24. The van der Waals surface area contributed by atoms with Crippen LogP contribution in [-0.4, -0.2) is 229 Å². The fourth-order valence-electron chi connectivity index (χ4n) is 14.4. The number of rotatable bonds is 32. The Labute approximate surface area is 686 Å². The van der Waals surface area contributed by atoms with Crippen LogP contribution in [0.1, 0.15) is 157 Å². The summed E-state index contributed by atoms with van der Waals surface area (Å²) >= 11 is 0. The number of nitrogens with zero attached hydrogens (tertiary/aromatic N) is 28. The molecule has 0 spiro atoms. The zero-order valence-electron chi connectivity index (χ0n) is 68.8. The summed E-state index contributed by atoms with van der Waals surface area (Å²) in [6.07, 6.45) is 48.4. The Morgan fingerprint density at radius 2 is 0.613 bits per heavy atom. The average molecular weight is 1620 g/mol. The third kappa shape index (κ3) is 19.4. The average Bonchev–Trinajstić information content (AvgIpc) is 1.65. The summed E-state index contributed by atoms with van der Waals surface area (Å²) in [7, 11) is 0. The number of hydrogen-bond donors (Lipinski definition) is 8. The molecule has 16 aromatic rings. The normalized spacial score (nSPS) is 13.4. The second-order valence-corrected chi connectivity index (χ2v) is 30.9. The highest BCUT2D eigenvalue weighted by Crippen LogP contribution is 2.34. The van der Waals surface area contributed by atoms with Crippen LogP contribution in [0.3, 0.4) is 0 Å². The van der Waals surface area contributed by atoms with Gasteiger partial charge in [0.05, 0.1) is 249 Å². The minimum atomic E-state index is -0.884. The molecule has 0 fully saturated rings. The molecular formula is C83H106N28O8. The Kier molecular flexibility index (Phi) is 27.4. The molecule has 16 aromatic heterocycles. The zero-order chi connectivity index (χ0) is 84.1. The van der Waals surface area contributed by atoms with E-state index in [0.717, 1.165) is 134 Å². The monoisotopic (exact) mass is 1620 g/mol. The summed E-state index contributed by atoms with van der Waals surface area (Å²) in [6, 6.07) is 7.70. The van der Waals surface area contributed by atoms with E-state index in [4.69, 9.17) is 25.0 Å². The summed E-state index contributed by atoms with van der Waals surface area (Å²) in [5.41, 5.74) is 16.5. The first kappa shape index (κ1) is 84.7. The number of aliphatic hydroxyl groups is 8. The van der Waals surface area contributed by atoms with Crippen molar-refractivity contribution in [1.29, 1.82) is 0 Å². The van der Waals surface area contributed by atoms with Gasteiger partial charge >= 0.3 is 0 Å². The Morgan fingerprint density at radius 3 is 0.950 bits per heavy atom. The van der Waals surface area contributed by atoms with E-state index in [0.29, 0.717) is 53.1 Å². The van der Waals surface area contributed by atoms with Gasteiger partial charge in [0, 0.05) is 112 Å². The van der Waals surface area contributed by atoms with Crippen LogP contribution in [0, 0.1) is 11.8 Å². The fraction of sp³-hybridized carbons (Fsp3) is 0.422. The summed E-state index contributed by atoms with van der Waals surface area (Å²) < 4.78 is 21.5. The highest BCUT2D eigenvalue weighted by atomic mass is 16.3. The van der Waals surface area contributed by atoms with E-state index in [-0.39, 0.29) is 52.2 Å². The van der Waals surface area contributed by atoms with E-state index in [1.54, 1.807) is 112 Å². The molecule has 0 unspecified atom stereocenters. The van der Waals surface area contributed by atoms with Gasteiger partial charge in [-0.05, 0) is 95.9 Å². The lowest BCUT2D eigenvalue weighted by atomic mass is 10.1. The molecule has 119 heavy (non-hydrogen) atoms. The molecule has 36 nitrogen and oxygen atoms in total. The third-order valence-corrected chi connectivity index (χ3v) is 21.0. The lowest BCUT2D eigenvalue weighted by molar-refractivity contribution is 0.0535. The number of fused-ring (bicyclic) bond motifs is 4. The second kappa shape index (κ2) is 38.5. The van der Waals surface area contributed by atoms with Crippen molar-refractivity contribution in [3.05, 3.63) is 173 Å². The van der Waals surface area contributed by atoms with Crippen LogP contribution in [-0.2, 0) is 6.54 Å². The third-order valence-electron chi connectivity index (χ3n) is 21.0. The number of aromatic nitrogens is 28. The first-order valence-electron chi connectivity index (χ1n) is 40.4. The van der Waals surface area contributed by atoms with Gasteiger partial charge in [-0.15, -0.1) is 0 Å². The highest BCUT2D eigenvalue weighted by Gasteiger charge is 2.24. The van der Waals surface area contributed by atoms with Gasteiger partial charge in [-0.25, -0.2) is 38.0 Å². The van der Waals surface area contributed by atoms with Gasteiger partial charge in [0.2, 0.25) is 0 Å². The van der Waals surface area contributed by atoms with E-state index in [1.165, 1.54) is 0 Å². The lowest BCUT2D eigenvalue weighted by Crippen LogP contribution is -2.25. The predicted molar refractivity (Wildman–Crippen MR) is 447 cm³/mol. The van der Waals surface area contributed by atoms with Crippen LogP contribution < -0.4 is 0 Å². The summed E-state index contributed by atoms with van der Waals surface area (Å²) in [6.45, 7) is 22.4. The van der Waals surface area contributed by atoms with Crippen LogP contribution in [0.2, 0.25) is 0 Å². The van der Waals surface area contributed by atoms with E-state index in [9.17, 15) is 35.7 Å². The smallest absolute Gasteiger partial charge is 0.0999 e. The van der Waals surface area contributed by atoms with Crippen molar-refractivity contribution in [2.24, 2.45) is 11.8 Å². The fourth-order valence-corrected chi connectivity index (χ4v) is 14.4. The van der Waals surface area contributed by atoms with E-state index >= 15 is 0 Å². The molecule has 8 N–H and O–H groups in total. The molecule has 36 heteroatoms. The summed E-state index contributed by atoms with van der Waals surface area (Å²) in [4.78, 5) is 19.5. The van der Waals surface area contributed by atoms with E-state index in [2.05, 4.69) is 130 Å².